The fourth-order valence-electron chi connectivity index (χ4n) is 2.26. The molecule has 1 heterocycles. The zero-order valence-electron chi connectivity index (χ0n) is 11.7. The fraction of sp³-hybridized carbons (Fsp3) is 0.538. The molecular formula is C13H18ClFN2O3S. The first-order valence-electron chi connectivity index (χ1n) is 6.59. The lowest BCUT2D eigenvalue weighted by Crippen LogP contribution is -2.40. The quantitative estimate of drug-likeness (QED) is 0.859. The Bertz CT molecular complexity index is 631. The summed E-state index contributed by atoms with van der Waals surface area (Å²) in [6, 6.07) is 2.40. The normalized spacial score (nSPS) is 22.7. The smallest absolute Gasteiger partial charge is 0.243 e. The summed E-state index contributed by atoms with van der Waals surface area (Å²) in [5, 5.41) is 0.126. The van der Waals surface area contributed by atoms with E-state index in [4.69, 9.17) is 22.1 Å². The summed E-state index contributed by atoms with van der Waals surface area (Å²) in [5.41, 5.74) is 4.90. The van der Waals surface area contributed by atoms with Gasteiger partial charge in [0.15, 0.2) is 0 Å². The number of hydrogen-bond acceptors (Lipinski definition) is 4. The van der Waals surface area contributed by atoms with E-state index < -0.39 is 26.3 Å². The minimum Gasteiger partial charge on any atom is -0.374 e. The minimum atomic E-state index is -4.02. The van der Waals surface area contributed by atoms with Crippen molar-refractivity contribution in [3.63, 3.8) is 0 Å². The van der Waals surface area contributed by atoms with E-state index in [0.29, 0.717) is 6.61 Å². The number of benzene rings is 1. The first-order valence-corrected chi connectivity index (χ1v) is 8.45. The van der Waals surface area contributed by atoms with Crippen LogP contribution in [0.25, 0.3) is 0 Å². The van der Waals surface area contributed by atoms with E-state index in [-0.39, 0.29) is 23.7 Å². The lowest BCUT2D eigenvalue weighted by Gasteiger charge is -2.23. The zero-order chi connectivity index (χ0) is 15.7. The molecule has 0 amide bonds. The van der Waals surface area contributed by atoms with Crippen molar-refractivity contribution in [2.24, 2.45) is 5.73 Å². The van der Waals surface area contributed by atoms with E-state index in [0.717, 1.165) is 18.9 Å². The van der Waals surface area contributed by atoms with Crippen LogP contribution in [0.2, 0.25) is 5.02 Å². The third-order valence-corrected chi connectivity index (χ3v) is 5.14. The molecule has 5 nitrogen and oxygen atoms in total. The third-order valence-electron chi connectivity index (χ3n) is 3.53. The van der Waals surface area contributed by atoms with E-state index in [9.17, 15) is 12.8 Å². The van der Waals surface area contributed by atoms with Crippen molar-refractivity contribution in [2.75, 3.05) is 13.2 Å². The SMILES string of the molecule is CC1(CNS(=O)(=O)c2cc(Cl)cc(CN)c2F)CCCO1. The van der Waals surface area contributed by atoms with Crippen LogP contribution in [0, 0.1) is 5.82 Å². The summed E-state index contributed by atoms with van der Waals surface area (Å²) < 4.78 is 46.6. The number of sulfonamides is 1. The predicted molar refractivity (Wildman–Crippen MR) is 78.1 cm³/mol. The second-order valence-corrected chi connectivity index (χ2v) is 7.48. The van der Waals surface area contributed by atoms with E-state index in [2.05, 4.69) is 4.72 Å². The van der Waals surface area contributed by atoms with Gasteiger partial charge in [0, 0.05) is 30.3 Å². The second kappa shape index (κ2) is 6.18. The summed E-state index contributed by atoms with van der Waals surface area (Å²) in [6.07, 6.45) is 1.63. The highest BCUT2D eigenvalue weighted by Gasteiger charge is 2.32. The van der Waals surface area contributed by atoms with Crippen LogP contribution in [-0.4, -0.2) is 27.2 Å². The van der Waals surface area contributed by atoms with Crippen LogP contribution in [-0.2, 0) is 21.3 Å². The standard InChI is InChI=1S/C13H18ClFN2O3S/c1-13(3-2-4-20-13)8-17-21(18,19)11-6-10(14)5-9(7-16)12(11)15/h5-6,17H,2-4,7-8,16H2,1H3. The monoisotopic (exact) mass is 336 g/mol. The van der Waals surface area contributed by atoms with Gasteiger partial charge in [-0.3, -0.25) is 0 Å². The van der Waals surface area contributed by atoms with E-state index in [1.165, 1.54) is 6.07 Å². The number of ether oxygens (including phenoxy) is 1. The molecule has 0 bridgehead atoms. The van der Waals surface area contributed by atoms with Gasteiger partial charge in [0.2, 0.25) is 10.0 Å². The highest BCUT2D eigenvalue weighted by atomic mass is 35.5. The van der Waals surface area contributed by atoms with Crippen LogP contribution in [0.4, 0.5) is 4.39 Å². The van der Waals surface area contributed by atoms with Crippen molar-refractivity contribution in [3.8, 4) is 0 Å². The average molecular weight is 337 g/mol. The van der Waals surface area contributed by atoms with Crippen LogP contribution < -0.4 is 10.5 Å². The Kier molecular flexibility index (Phi) is 4.89. The summed E-state index contributed by atoms with van der Waals surface area (Å²) >= 11 is 5.82. The first kappa shape index (κ1) is 16.6. The molecule has 1 fully saturated rings. The predicted octanol–water partition coefficient (Wildman–Crippen LogP) is 1.79. The molecule has 3 N–H and O–H groups in total. The summed E-state index contributed by atoms with van der Waals surface area (Å²) in [4.78, 5) is -0.489. The largest absolute Gasteiger partial charge is 0.374 e. The van der Waals surface area contributed by atoms with Crippen LogP contribution in [0.5, 0.6) is 0 Å². The maximum Gasteiger partial charge on any atom is 0.243 e. The highest BCUT2D eigenvalue weighted by molar-refractivity contribution is 7.89. The molecule has 1 aromatic carbocycles. The topological polar surface area (TPSA) is 81.4 Å². The summed E-state index contributed by atoms with van der Waals surface area (Å²) in [7, 11) is -4.02. The van der Waals surface area contributed by atoms with Gasteiger partial charge in [0.1, 0.15) is 10.7 Å². The van der Waals surface area contributed by atoms with Crippen molar-refractivity contribution in [2.45, 2.75) is 36.8 Å². The molecule has 0 saturated carbocycles. The van der Waals surface area contributed by atoms with Crippen molar-refractivity contribution in [1.82, 2.24) is 4.72 Å². The number of nitrogens with one attached hydrogen (secondary N) is 1. The number of rotatable bonds is 5. The molecule has 1 unspecified atom stereocenters. The molecule has 0 aromatic heterocycles. The fourth-order valence-corrected chi connectivity index (χ4v) is 3.87. The molecule has 21 heavy (non-hydrogen) atoms. The Balaban J connectivity index is 2.25. The van der Waals surface area contributed by atoms with E-state index in [1.807, 2.05) is 6.92 Å². The van der Waals surface area contributed by atoms with Gasteiger partial charge < -0.3 is 10.5 Å². The summed E-state index contributed by atoms with van der Waals surface area (Å²) in [5.74, 6) is -0.869. The highest BCUT2D eigenvalue weighted by Crippen LogP contribution is 2.26. The summed E-state index contributed by atoms with van der Waals surface area (Å²) in [6.45, 7) is 2.37. The third kappa shape index (κ3) is 3.73. The lowest BCUT2D eigenvalue weighted by atomic mass is 10.0. The number of nitrogens with two attached hydrogens (primary N) is 1. The zero-order valence-corrected chi connectivity index (χ0v) is 13.2. The molecule has 118 valence electrons. The molecule has 0 radical (unpaired) electrons. The van der Waals surface area contributed by atoms with E-state index >= 15 is 0 Å². The maximum absolute atomic E-state index is 14.2. The molecule has 1 aliphatic rings. The van der Waals surface area contributed by atoms with Gasteiger partial charge in [0.25, 0.3) is 0 Å². The molecule has 1 saturated heterocycles. The molecule has 1 aliphatic heterocycles. The Hall–Kier alpha value is -0.730. The van der Waals surface area contributed by atoms with Gasteiger partial charge in [-0.2, -0.15) is 0 Å². The van der Waals surface area contributed by atoms with Crippen molar-refractivity contribution < 1.29 is 17.5 Å². The minimum absolute atomic E-state index is 0.0613. The van der Waals surface area contributed by atoms with Crippen LogP contribution in [0.1, 0.15) is 25.3 Å². The van der Waals surface area contributed by atoms with Crippen LogP contribution in [0.15, 0.2) is 17.0 Å². The molecule has 1 aromatic rings. The van der Waals surface area contributed by atoms with Gasteiger partial charge in [0.05, 0.1) is 5.60 Å². The van der Waals surface area contributed by atoms with Gasteiger partial charge in [-0.05, 0) is 31.9 Å². The second-order valence-electron chi connectivity index (χ2n) is 5.31. The molecule has 2 rings (SSSR count). The molecule has 0 aliphatic carbocycles. The van der Waals surface area contributed by atoms with Gasteiger partial charge >= 0.3 is 0 Å². The first-order chi connectivity index (χ1) is 9.77. The number of hydrogen-bond donors (Lipinski definition) is 2. The van der Waals surface area contributed by atoms with Crippen molar-refractivity contribution >= 4 is 21.6 Å². The lowest BCUT2D eigenvalue weighted by molar-refractivity contribution is 0.0250. The van der Waals surface area contributed by atoms with Crippen molar-refractivity contribution in [1.29, 1.82) is 0 Å². The molecule has 1 atom stereocenters. The van der Waals surface area contributed by atoms with E-state index in [1.54, 1.807) is 0 Å². The van der Waals surface area contributed by atoms with Crippen molar-refractivity contribution in [3.05, 3.63) is 28.5 Å². The Labute approximate surface area is 128 Å². The van der Waals surface area contributed by atoms with Gasteiger partial charge in [-0.25, -0.2) is 17.5 Å². The molecule has 0 spiro atoms. The van der Waals surface area contributed by atoms with Gasteiger partial charge in [-0.15, -0.1) is 0 Å². The Morgan fingerprint density at radius 2 is 2.24 bits per heavy atom. The average Bonchev–Trinajstić information content (AvgIpc) is 2.86. The molecular weight excluding hydrogens is 319 g/mol. The maximum atomic E-state index is 14.2. The Morgan fingerprint density at radius 1 is 1.52 bits per heavy atom. The Morgan fingerprint density at radius 3 is 2.81 bits per heavy atom. The van der Waals surface area contributed by atoms with Crippen LogP contribution in [0.3, 0.4) is 0 Å². The molecule has 8 heteroatoms. The van der Waals surface area contributed by atoms with Crippen LogP contribution >= 0.6 is 11.6 Å². The van der Waals surface area contributed by atoms with Gasteiger partial charge in [-0.1, -0.05) is 11.6 Å². The number of halogens is 2.